The predicted octanol–water partition coefficient (Wildman–Crippen LogP) is 1.37. The van der Waals surface area contributed by atoms with Crippen molar-refractivity contribution < 1.29 is 14.3 Å². The third-order valence-electron chi connectivity index (χ3n) is 5.03. The SMILES string of the molecule is CCNC(=NCCCN1CCCC1=O)NCCCN1C(=O)COc2ccccc21. The number of aliphatic imine (C=N–C) groups is 1. The Hall–Kier alpha value is -2.77. The molecule has 2 aliphatic rings. The first-order chi connectivity index (χ1) is 14.2. The van der Waals surface area contributed by atoms with Crippen molar-refractivity contribution in [3.05, 3.63) is 24.3 Å². The molecule has 158 valence electrons. The number of benzene rings is 1. The third kappa shape index (κ3) is 5.85. The topological polar surface area (TPSA) is 86.3 Å². The van der Waals surface area contributed by atoms with Gasteiger partial charge in [-0.1, -0.05) is 12.1 Å². The molecule has 29 heavy (non-hydrogen) atoms. The monoisotopic (exact) mass is 401 g/mol. The van der Waals surface area contributed by atoms with E-state index >= 15 is 0 Å². The summed E-state index contributed by atoms with van der Waals surface area (Å²) in [5, 5.41) is 6.57. The number of guanidine groups is 1. The van der Waals surface area contributed by atoms with Crippen molar-refractivity contribution in [2.24, 2.45) is 4.99 Å². The maximum Gasteiger partial charge on any atom is 0.265 e. The van der Waals surface area contributed by atoms with Crippen LogP contribution in [0, 0.1) is 0 Å². The normalized spacial score (nSPS) is 16.7. The zero-order valence-corrected chi connectivity index (χ0v) is 17.2. The molecule has 1 fully saturated rings. The van der Waals surface area contributed by atoms with Crippen molar-refractivity contribution >= 4 is 23.5 Å². The minimum Gasteiger partial charge on any atom is -0.482 e. The molecule has 0 aromatic heterocycles. The molecule has 2 amide bonds. The molecule has 0 atom stereocenters. The number of rotatable bonds is 9. The Kier molecular flexibility index (Phi) is 7.72. The molecular formula is C21H31N5O3. The van der Waals surface area contributed by atoms with E-state index in [-0.39, 0.29) is 18.4 Å². The number of hydrogen-bond acceptors (Lipinski definition) is 4. The van der Waals surface area contributed by atoms with Gasteiger partial charge in [0.15, 0.2) is 12.6 Å². The van der Waals surface area contributed by atoms with Crippen molar-refractivity contribution in [1.29, 1.82) is 0 Å². The minimum atomic E-state index is -0.0132. The quantitative estimate of drug-likeness (QED) is 0.371. The summed E-state index contributed by atoms with van der Waals surface area (Å²) in [5.41, 5.74) is 0.834. The van der Waals surface area contributed by atoms with Gasteiger partial charge >= 0.3 is 0 Å². The number of nitrogens with one attached hydrogen (secondary N) is 2. The van der Waals surface area contributed by atoms with E-state index in [1.54, 1.807) is 4.90 Å². The van der Waals surface area contributed by atoms with Gasteiger partial charge in [-0.25, -0.2) is 0 Å². The average molecular weight is 402 g/mol. The fourth-order valence-corrected chi connectivity index (χ4v) is 3.58. The van der Waals surface area contributed by atoms with Gasteiger partial charge in [-0.2, -0.15) is 0 Å². The molecule has 0 saturated carbocycles. The first kappa shape index (κ1) is 21.0. The summed E-state index contributed by atoms with van der Waals surface area (Å²) >= 11 is 0. The highest BCUT2D eigenvalue weighted by Crippen LogP contribution is 2.31. The minimum absolute atomic E-state index is 0.0132. The van der Waals surface area contributed by atoms with Crippen molar-refractivity contribution in [1.82, 2.24) is 15.5 Å². The number of carbonyl (C=O) groups excluding carboxylic acids is 2. The number of carbonyl (C=O) groups is 2. The van der Waals surface area contributed by atoms with Crippen molar-refractivity contribution in [2.75, 3.05) is 50.8 Å². The van der Waals surface area contributed by atoms with Crippen LogP contribution >= 0.6 is 0 Å². The zero-order chi connectivity index (χ0) is 20.5. The smallest absolute Gasteiger partial charge is 0.265 e. The first-order valence-corrected chi connectivity index (χ1v) is 10.5. The first-order valence-electron chi connectivity index (χ1n) is 10.5. The highest BCUT2D eigenvalue weighted by Gasteiger charge is 2.24. The summed E-state index contributed by atoms with van der Waals surface area (Å²) < 4.78 is 5.48. The molecule has 1 saturated heterocycles. The van der Waals surface area contributed by atoms with Gasteiger partial charge in [-0.3, -0.25) is 14.6 Å². The molecule has 0 spiro atoms. The molecule has 1 aromatic rings. The lowest BCUT2D eigenvalue weighted by Gasteiger charge is -2.29. The highest BCUT2D eigenvalue weighted by molar-refractivity contribution is 5.97. The van der Waals surface area contributed by atoms with Crippen molar-refractivity contribution in [3.8, 4) is 5.75 Å². The van der Waals surface area contributed by atoms with Gasteiger partial charge in [0, 0.05) is 45.7 Å². The Labute approximate surface area is 172 Å². The zero-order valence-electron chi connectivity index (χ0n) is 17.2. The summed E-state index contributed by atoms with van der Waals surface area (Å²) in [6.45, 7) is 6.58. The van der Waals surface area contributed by atoms with E-state index in [2.05, 4.69) is 15.6 Å². The lowest BCUT2D eigenvalue weighted by Crippen LogP contribution is -2.42. The Morgan fingerprint density at radius 1 is 1.14 bits per heavy atom. The number of ether oxygens (including phenoxy) is 1. The van der Waals surface area contributed by atoms with E-state index in [9.17, 15) is 9.59 Å². The number of nitrogens with zero attached hydrogens (tertiary/aromatic N) is 3. The second-order valence-electron chi connectivity index (χ2n) is 7.18. The van der Waals surface area contributed by atoms with E-state index in [1.165, 1.54) is 0 Å². The molecule has 2 aliphatic heterocycles. The van der Waals surface area contributed by atoms with Crippen LogP contribution in [0.25, 0.3) is 0 Å². The van der Waals surface area contributed by atoms with Gasteiger partial charge in [0.2, 0.25) is 5.91 Å². The summed E-state index contributed by atoms with van der Waals surface area (Å²) in [7, 11) is 0. The van der Waals surface area contributed by atoms with Crippen molar-refractivity contribution in [2.45, 2.75) is 32.6 Å². The van der Waals surface area contributed by atoms with Crippen LogP contribution in [0.2, 0.25) is 0 Å². The molecule has 0 aliphatic carbocycles. The molecular weight excluding hydrogens is 370 g/mol. The number of para-hydroxylation sites is 2. The number of fused-ring (bicyclic) bond motifs is 1. The van der Waals surface area contributed by atoms with E-state index in [4.69, 9.17) is 4.74 Å². The lowest BCUT2D eigenvalue weighted by molar-refractivity contribution is -0.127. The number of likely N-dealkylation sites (tertiary alicyclic amines) is 1. The molecule has 0 radical (unpaired) electrons. The molecule has 1 aromatic carbocycles. The van der Waals surface area contributed by atoms with Crippen LogP contribution < -0.4 is 20.3 Å². The molecule has 2 heterocycles. The van der Waals surface area contributed by atoms with E-state index in [0.29, 0.717) is 26.1 Å². The van der Waals surface area contributed by atoms with Gasteiger partial charge in [0.25, 0.3) is 5.91 Å². The Morgan fingerprint density at radius 3 is 2.79 bits per heavy atom. The number of hydrogen-bond donors (Lipinski definition) is 2. The van der Waals surface area contributed by atoms with Gasteiger partial charge in [-0.15, -0.1) is 0 Å². The second kappa shape index (κ2) is 10.7. The average Bonchev–Trinajstić information content (AvgIpc) is 3.14. The lowest BCUT2D eigenvalue weighted by atomic mass is 10.2. The van der Waals surface area contributed by atoms with E-state index in [1.807, 2.05) is 36.1 Å². The van der Waals surface area contributed by atoms with Crippen LogP contribution in [0.3, 0.4) is 0 Å². The Balaban J connectivity index is 1.41. The molecule has 8 heteroatoms. The van der Waals surface area contributed by atoms with Crippen LogP contribution in [-0.2, 0) is 9.59 Å². The van der Waals surface area contributed by atoms with Crippen LogP contribution in [0.1, 0.15) is 32.6 Å². The molecule has 0 unspecified atom stereocenters. The maximum absolute atomic E-state index is 12.2. The van der Waals surface area contributed by atoms with E-state index in [0.717, 1.165) is 56.3 Å². The summed E-state index contributed by atoms with van der Waals surface area (Å²) in [6, 6.07) is 7.62. The van der Waals surface area contributed by atoms with Crippen molar-refractivity contribution in [3.63, 3.8) is 0 Å². The summed E-state index contributed by atoms with van der Waals surface area (Å²) in [4.78, 5) is 32.2. The van der Waals surface area contributed by atoms with E-state index < -0.39 is 0 Å². The van der Waals surface area contributed by atoms with Gasteiger partial charge in [0.05, 0.1) is 5.69 Å². The maximum atomic E-state index is 12.2. The molecule has 3 rings (SSSR count). The van der Waals surface area contributed by atoms with Gasteiger partial charge in [0.1, 0.15) is 5.75 Å². The van der Waals surface area contributed by atoms with Gasteiger partial charge < -0.3 is 25.2 Å². The van der Waals surface area contributed by atoms with Crippen LogP contribution in [-0.4, -0.2) is 68.5 Å². The van der Waals surface area contributed by atoms with Gasteiger partial charge in [-0.05, 0) is 38.3 Å². The second-order valence-corrected chi connectivity index (χ2v) is 7.18. The standard InChI is InChI=1S/C21H31N5O3/c1-2-22-21(23-11-6-14-25-13-5-10-19(25)27)24-12-7-15-26-17-8-3-4-9-18(17)29-16-20(26)28/h3-4,8-9H,2,5-7,10-16H2,1H3,(H2,22,23,24). The summed E-state index contributed by atoms with van der Waals surface area (Å²) in [5.74, 6) is 1.78. The Morgan fingerprint density at radius 2 is 2.00 bits per heavy atom. The molecule has 8 nitrogen and oxygen atoms in total. The third-order valence-corrected chi connectivity index (χ3v) is 5.03. The predicted molar refractivity (Wildman–Crippen MR) is 113 cm³/mol. The summed E-state index contributed by atoms with van der Waals surface area (Å²) in [6.07, 6.45) is 3.32. The highest BCUT2D eigenvalue weighted by atomic mass is 16.5. The number of amides is 2. The fourth-order valence-electron chi connectivity index (χ4n) is 3.58. The van der Waals surface area contributed by atoms with Crippen LogP contribution in [0.15, 0.2) is 29.3 Å². The molecule has 0 bridgehead atoms. The largest absolute Gasteiger partial charge is 0.482 e. The fraction of sp³-hybridized carbons (Fsp3) is 0.571. The number of anilines is 1. The molecule has 2 N–H and O–H groups in total. The van der Waals surface area contributed by atoms with Crippen LogP contribution in [0.4, 0.5) is 5.69 Å². The Bertz CT molecular complexity index is 737. The van der Waals surface area contributed by atoms with Crippen LogP contribution in [0.5, 0.6) is 5.75 Å².